The Morgan fingerprint density at radius 2 is 1.90 bits per heavy atom. The van der Waals surface area contributed by atoms with Gasteiger partial charge in [0.05, 0.1) is 12.8 Å². The van der Waals surface area contributed by atoms with Gasteiger partial charge in [-0.1, -0.05) is 13.8 Å². The van der Waals surface area contributed by atoms with Crippen LogP contribution in [0.2, 0.25) is 0 Å². The summed E-state index contributed by atoms with van der Waals surface area (Å²) in [6.07, 6.45) is 1.68. The first kappa shape index (κ1) is 19.7. The highest BCUT2D eigenvalue weighted by Crippen LogP contribution is 2.46. The number of nitrogens with zero attached hydrogens (tertiary/aromatic N) is 2. The van der Waals surface area contributed by atoms with E-state index in [1.165, 1.54) is 0 Å². The third-order valence-corrected chi connectivity index (χ3v) is 5.42. The molecule has 2 N–H and O–H groups in total. The highest BCUT2D eigenvalue weighted by atomic mass is 16.5. The van der Waals surface area contributed by atoms with Crippen LogP contribution in [-0.2, 0) is 10.2 Å². The highest BCUT2D eigenvalue weighted by Gasteiger charge is 2.40. The Labute approximate surface area is 175 Å². The largest absolute Gasteiger partial charge is 0.497 e. The number of aromatic amines is 1. The molecule has 0 saturated carbocycles. The number of carbonyl (C=O) groups is 2. The Balaban J connectivity index is 1.79. The van der Waals surface area contributed by atoms with Gasteiger partial charge in [-0.2, -0.15) is 5.10 Å². The van der Waals surface area contributed by atoms with E-state index in [2.05, 4.69) is 29.4 Å². The van der Waals surface area contributed by atoms with E-state index in [1.807, 2.05) is 12.1 Å². The summed E-state index contributed by atoms with van der Waals surface area (Å²) in [6.45, 7) is 6.31. The molecule has 0 aliphatic carbocycles. The Hall–Kier alpha value is -3.61. The molecule has 0 saturated heterocycles. The number of ether oxygens (including phenoxy) is 1. The van der Waals surface area contributed by atoms with Crippen molar-refractivity contribution in [2.24, 2.45) is 0 Å². The van der Waals surface area contributed by atoms with Gasteiger partial charge in [0.15, 0.2) is 0 Å². The molecule has 7 heteroatoms. The first-order valence-corrected chi connectivity index (χ1v) is 9.72. The Kier molecular flexibility index (Phi) is 4.81. The molecule has 7 nitrogen and oxygen atoms in total. The number of rotatable bonds is 4. The number of aromatic nitrogens is 2. The van der Waals surface area contributed by atoms with Gasteiger partial charge in [-0.3, -0.25) is 14.7 Å². The maximum atomic E-state index is 13.1. The van der Waals surface area contributed by atoms with E-state index in [-0.39, 0.29) is 17.2 Å². The van der Waals surface area contributed by atoms with E-state index < -0.39 is 0 Å². The van der Waals surface area contributed by atoms with E-state index in [0.29, 0.717) is 23.5 Å². The van der Waals surface area contributed by atoms with Crippen LogP contribution in [0.15, 0.2) is 48.7 Å². The third-order valence-electron chi connectivity index (χ3n) is 5.42. The predicted molar refractivity (Wildman–Crippen MR) is 116 cm³/mol. The average Bonchev–Trinajstić information content (AvgIpc) is 3.34. The van der Waals surface area contributed by atoms with Crippen LogP contribution < -0.4 is 15.0 Å². The minimum absolute atomic E-state index is 0.0508. The van der Waals surface area contributed by atoms with E-state index in [0.717, 1.165) is 22.5 Å². The molecule has 4 rings (SSSR count). The minimum atomic E-state index is -0.258. The van der Waals surface area contributed by atoms with Crippen molar-refractivity contribution in [1.82, 2.24) is 10.2 Å². The quantitative estimate of drug-likeness (QED) is 0.689. The molecule has 0 fully saturated rings. The SMILES string of the molecule is COc1ccc(NC(=O)c2cc(-c3ccn[nH]3)c3c(c2)N(C(C)=O)CC3(C)C)cc1. The van der Waals surface area contributed by atoms with Gasteiger partial charge < -0.3 is 15.0 Å². The molecule has 2 heterocycles. The lowest BCUT2D eigenvalue weighted by Gasteiger charge is -2.21. The molecule has 30 heavy (non-hydrogen) atoms. The number of fused-ring (bicyclic) bond motifs is 1. The van der Waals surface area contributed by atoms with Gasteiger partial charge >= 0.3 is 0 Å². The summed E-state index contributed by atoms with van der Waals surface area (Å²) in [7, 11) is 1.59. The van der Waals surface area contributed by atoms with Gasteiger partial charge in [0.25, 0.3) is 5.91 Å². The fourth-order valence-electron chi connectivity index (χ4n) is 4.02. The first-order chi connectivity index (χ1) is 14.3. The molecule has 1 aromatic heterocycles. The van der Waals surface area contributed by atoms with Gasteiger partial charge in [0.1, 0.15) is 5.75 Å². The van der Waals surface area contributed by atoms with Crippen LogP contribution in [0.4, 0.5) is 11.4 Å². The number of hydrogen-bond donors (Lipinski definition) is 2. The maximum Gasteiger partial charge on any atom is 0.255 e. The summed E-state index contributed by atoms with van der Waals surface area (Å²) < 4.78 is 5.16. The lowest BCUT2D eigenvalue weighted by Crippen LogP contribution is -2.32. The summed E-state index contributed by atoms with van der Waals surface area (Å²) in [5.41, 5.74) is 4.35. The summed E-state index contributed by atoms with van der Waals surface area (Å²) >= 11 is 0. The lowest BCUT2D eigenvalue weighted by atomic mass is 9.82. The second-order valence-electron chi connectivity index (χ2n) is 8.06. The molecule has 1 aliphatic rings. The molecule has 0 atom stereocenters. The smallest absolute Gasteiger partial charge is 0.255 e. The van der Waals surface area contributed by atoms with Crippen LogP contribution >= 0.6 is 0 Å². The molecule has 0 bridgehead atoms. The van der Waals surface area contributed by atoms with E-state index >= 15 is 0 Å². The average molecular weight is 404 g/mol. The Bertz CT molecular complexity index is 1100. The molecule has 0 unspecified atom stereocenters. The maximum absolute atomic E-state index is 13.1. The second kappa shape index (κ2) is 7.33. The van der Waals surface area contributed by atoms with Crippen LogP contribution in [0.5, 0.6) is 5.75 Å². The molecule has 2 aromatic carbocycles. The van der Waals surface area contributed by atoms with Crippen LogP contribution in [-0.4, -0.2) is 35.7 Å². The van der Waals surface area contributed by atoms with Crippen molar-refractivity contribution in [1.29, 1.82) is 0 Å². The molecular weight excluding hydrogens is 380 g/mol. The fourth-order valence-corrected chi connectivity index (χ4v) is 4.02. The van der Waals surface area contributed by atoms with Crippen LogP contribution in [0.3, 0.4) is 0 Å². The van der Waals surface area contributed by atoms with Gasteiger partial charge in [-0.25, -0.2) is 0 Å². The zero-order chi connectivity index (χ0) is 21.5. The summed E-state index contributed by atoms with van der Waals surface area (Å²) in [5, 5.41) is 9.98. The normalized spacial score (nSPS) is 14.3. The molecule has 3 aromatic rings. The van der Waals surface area contributed by atoms with Crippen LogP contribution in [0, 0.1) is 0 Å². The molecule has 0 radical (unpaired) electrons. The topological polar surface area (TPSA) is 87.3 Å². The fraction of sp³-hybridized carbons (Fsp3) is 0.261. The predicted octanol–water partition coefficient (Wildman–Crippen LogP) is 3.98. The van der Waals surface area contributed by atoms with Crippen molar-refractivity contribution in [3.05, 3.63) is 59.8 Å². The number of carbonyl (C=O) groups excluding carboxylic acids is 2. The lowest BCUT2D eigenvalue weighted by molar-refractivity contribution is -0.116. The number of H-pyrrole nitrogens is 1. The van der Waals surface area contributed by atoms with Gasteiger partial charge in [0.2, 0.25) is 5.91 Å². The number of methoxy groups -OCH3 is 1. The highest BCUT2D eigenvalue weighted by molar-refractivity contribution is 6.07. The van der Waals surface area contributed by atoms with E-state index in [9.17, 15) is 9.59 Å². The van der Waals surface area contributed by atoms with Gasteiger partial charge in [-0.05, 0) is 48.0 Å². The molecule has 0 spiro atoms. The van der Waals surface area contributed by atoms with Crippen molar-refractivity contribution >= 4 is 23.2 Å². The zero-order valence-electron chi connectivity index (χ0n) is 17.4. The Morgan fingerprint density at radius 3 is 2.50 bits per heavy atom. The molecular formula is C23H24N4O3. The van der Waals surface area contributed by atoms with Crippen LogP contribution in [0.25, 0.3) is 11.3 Å². The van der Waals surface area contributed by atoms with Crippen molar-refractivity contribution in [2.45, 2.75) is 26.2 Å². The van der Waals surface area contributed by atoms with Crippen LogP contribution in [0.1, 0.15) is 36.7 Å². The first-order valence-electron chi connectivity index (χ1n) is 9.72. The molecule has 154 valence electrons. The third kappa shape index (κ3) is 3.43. The van der Waals surface area contributed by atoms with Crippen molar-refractivity contribution < 1.29 is 14.3 Å². The number of amides is 2. The molecule has 1 aliphatic heterocycles. The summed E-state index contributed by atoms with van der Waals surface area (Å²) in [5.74, 6) is 0.411. The van der Waals surface area contributed by atoms with Crippen molar-refractivity contribution in [2.75, 3.05) is 23.9 Å². The number of nitrogens with one attached hydrogen (secondary N) is 2. The van der Waals surface area contributed by atoms with Crippen molar-refractivity contribution in [3.8, 4) is 17.0 Å². The number of anilines is 2. The number of hydrogen-bond acceptors (Lipinski definition) is 4. The number of benzene rings is 2. The monoisotopic (exact) mass is 404 g/mol. The zero-order valence-corrected chi connectivity index (χ0v) is 17.4. The Morgan fingerprint density at radius 1 is 1.17 bits per heavy atom. The van der Waals surface area contributed by atoms with Gasteiger partial charge in [-0.15, -0.1) is 0 Å². The summed E-state index contributed by atoms with van der Waals surface area (Å²) in [6, 6.07) is 12.7. The van der Waals surface area contributed by atoms with Crippen molar-refractivity contribution in [3.63, 3.8) is 0 Å². The van der Waals surface area contributed by atoms with Gasteiger partial charge in [0, 0.05) is 47.6 Å². The summed E-state index contributed by atoms with van der Waals surface area (Å²) in [4.78, 5) is 27.1. The second-order valence-corrected chi connectivity index (χ2v) is 8.06. The van der Waals surface area contributed by atoms with E-state index in [4.69, 9.17) is 4.74 Å². The standard InChI is InChI=1S/C23H24N4O3/c1-14(28)27-13-23(2,3)21-18(19-9-10-24-26-19)11-15(12-20(21)27)22(29)25-16-5-7-17(30-4)8-6-16/h5-12H,13H2,1-4H3,(H,24,26)(H,25,29). The van der Waals surface area contributed by atoms with E-state index in [1.54, 1.807) is 55.5 Å². The minimum Gasteiger partial charge on any atom is -0.497 e. The molecule has 2 amide bonds.